The van der Waals surface area contributed by atoms with Crippen LogP contribution in [0, 0.1) is 5.82 Å². The third-order valence-electron chi connectivity index (χ3n) is 3.01. The average molecular weight is 308 g/mol. The highest BCUT2D eigenvalue weighted by atomic mass is 35.5. The highest BCUT2D eigenvalue weighted by molar-refractivity contribution is 6.30. The van der Waals surface area contributed by atoms with Gasteiger partial charge in [-0.15, -0.1) is 0 Å². The molecule has 0 amide bonds. The van der Waals surface area contributed by atoms with Crippen molar-refractivity contribution >= 4 is 17.6 Å². The summed E-state index contributed by atoms with van der Waals surface area (Å²) in [5.41, 5.74) is 1.79. The lowest BCUT2D eigenvalue weighted by Crippen LogP contribution is -2.13. The van der Waals surface area contributed by atoms with Crippen molar-refractivity contribution in [2.24, 2.45) is 0 Å². The summed E-state index contributed by atoms with van der Waals surface area (Å²) in [6, 6.07) is 12.0. The molecule has 0 saturated heterocycles. The van der Waals surface area contributed by atoms with E-state index in [-0.39, 0.29) is 5.56 Å². The molecule has 0 saturated carbocycles. The van der Waals surface area contributed by atoms with Gasteiger partial charge >= 0.3 is 5.97 Å². The van der Waals surface area contributed by atoms with Crippen LogP contribution in [-0.2, 0) is 17.8 Å². The van der Waals surface area contributed by atoms with Crippen LogP contribution < -0.4 is 5.32 Å². The summed E-state index contributed by atoms with van der Waals surface area (Å²) in [5.74, 6) is -1.25. The standard InChI is InChI=1S/C16H15ClFNO2/c1-21-16(20)14-7-4-12(8-15(14)18)10-19-9-11-2-5-13(17)6-3-11/h2-8,19H,9-10H2,1H3. The molecule has 1 N–H and O–H groups in total. The van der Waals surface area contributed by atoms with Crippen LogP contribution in [0.1, 0.15) is 21.5 Å². The number of hydrogen-bond donors (Lipinski definition) is 1. The maximum Gasteiger partial charge on any atom is 0.340 e. The molecule has 5 heteroatoms. The number of nitrogens with one attached hydrogen (secondary N) is 1. The van der Waals surface area contributed by atoms with Gasteiger partial charge in [0.2, 0.25) is 0 Å². The van der Waals surface area contributed by atoms with E-state index in [2.05, 4.69) is 10.1 Å². The van der Waals surface area contributed by atoms with E-state index in [1.807, 2.05) is 24.3 Å². The first-order valence-corrected chi connectivity index (χ1v) is 6.80. The number of esters is 1. The maximum absolute atomic E-state index is 13.7. The number of benzene rings is 2. The Morgan fingerprint density at radius 2 is 1.76 bits per heavy atom. The van der Waals surface area contributed by atoms with E-state index in [1.165, 1.54) is 19.2 Å². The van der Waals surface area contributed by atoms with Gasteiger partial charge in [0.25, 0.3) is 0 Å². The molecule has 2 rings (SSSR count). The molecule has 0 bridgehead atoms. The lowest BCUT2D eigenvalue weighted by Gasteiger charge is -2.07. The van der Waals surface area contributed by atoms with Gasteiger partial charge in [-0.2, -0.15) is 0 Å². The van der Waals surface area contributed by atoms with Gasteiger partial charge in [0, 0.05) is 18.1 Å². The van der Waals surface area contributed by atoms with Crippen molar-refractivity contribution in [3.05, 3.63) is 70.0 Å². The van der Waals surface area contributed by atoms with Crippen LogP contribution in [0.5, 0.6) is 0 Å². The lowest BCUT2D eigenvalue weighted by atomic mass is 10.1. The molecule has 0 unspecified atom stereocenters. The van der Waals surface area contributed by atoms with Crippen molar-refractivity contribution in [3.8, 4) is 0 Å². The summed E-state index contributed by atoms with van der Waals surface area (Å²) in [5, 5.41) is 3.90. The van der Waals surface area contributed by atoms with Crippen LogP contribution in [0.2, 0.25) is 5.02 Å². The zero-order valence-electron chi connectivity index (χ0n) is 11.5. The third-order valence-corrected chi connectivity index (χ3v) is 3.26. The van der Waals surface area contributed by atoms with E-state index in [0.717, 1.165) is 11.1 Å². The van der Waals surface area contributed by atoms with Crippen molar-refractivity contribution in [2.45, 2.75) is 13.1 Å². The molecule has 21 heavy (non-hydrogen) atoms. The summed E-state index contributed by atoms with van der Waals surface area (Å²) >= 11 is 5.81. The minimum atomic E-state index is -0.673. The van der Waals surface area contributed by atoms with Crippen molar-refractivity contribution in [1.82, 2.24) is 5.32 Å². The fourth-order valence-electron chi connectivity index (χ4n) is 1.90. The van der Waals surface area contributed by atoms with Crippen LogP contribution in [0.25, 0.3) is 0 Å². The Morgan fingerprint density at radius 1 is 1.14 bits per heavy atom. The van der Waals surface area contributed by atoms with Crippen LogP contribution in [0.15, 0.2) is 42.5 Å². The molecule has 0 aliphatic rings. The summed E-state index contributed by atoms with van der Waals surface area (Å²) in [6.45, 7) is 1.15. The van der Waals surface area contributed by atoms with E-state index < -0.39 is 11.8 Å². The molecule has 0 aromatic heterocycles. The summed E-state index contributed by atoms with van der Waals surface area (Å²) in [7, 11) is 1.23. The fraction of sp³-hybridized carbons (Fsp3) is 0.188. The van der Waals surface area contributed by atoms with Gasteiger partial charge in [-0.3, -0.25) is 0 Å². The molecule has 110 valence electrons. The first kappa shape index (κ1) is 15.5. The van der Waals surface area contributed by atoms with Gasteiger partial charge < -0.3 is 10.1 Å². The highest BCUT2D eigenvalue weighted by Crippen LogP contribution is 2.12. The predicted molar refractivity (Wildman–Crippen MR) is 79.7 cm³/mol. The molecule has 0 atom stereocenters. The first-order chi connectivity index (χ1) is 10.1. The Morgan fingerprint density at radius 3 is 2.38 bits per heavy atom. The summed E-state index contributed by atoms with van der Waals surface area (Å²) < 4.78 is 18.2. The van der Waals surface area contributed by atoms with E-state index in [4.69, 9.17) is 11.6 Å². The van der Waals surface area contributed by atoms with Gasteiger partial charge in [0.1, 0.15) is 5.82 Å². The zero-order valence-corrected chi connectivity index (χ0v) is 12.3. The predicted octanol–water partition coefficient (Wildman–Crippen LogP) is 3.56. The quantitative estimate of drug-likeness (QED) is 0.858. The second kappa shape index (κ2) is 7.20. The fourth-order valence-corrected chi connectivity index (χ4v) is 2.02. The molecule has 0 aliphatic heterocycles. The van der Waals surface area contributed by atoms with Crippen LogP contribution in [-0.4, -0.2) is 13.1 Å². The molecule has 0 radical (unpaired) electrons. The molecule has 0 spiro atoms. The number of hydrogen-bond acceptors (Lipinski definition) is 3. The van der Waals surface area contributed by atoms with Crippen LogP contribution >= 0.6 is 11.6 Å². The average Bonchev–Trinajstić information content (AvgIpc) is 2.49. The number of carbonyl (C=O) groups excluding carboxylic acids is 1. The van der Waals surface area contributed by atoms with E-state index in [0.29, 0.717) is 18.1 Å². The minimum Gasteiger partial charge on any atom is -0.465 e. The second-order valence-corrected chi connectivity index (χ2v) is 4.97. The van der Waals surface area contributed by atoms with Crippen LogP contribution in [0.3, 0.4) is 0 Å². The molecule has 0 fully saturated rings. The molecule has 2 aromatic rings. The topological polar surface area (TPSA) is 38.3 Å². The molecule has 3 nitrogen and oxygen atoms in total. The van der Waals surface area contributed by atoms with E-state index in [9.17, 15) is 9.18 Å². The minimum absolute atomic E-state index is 0.0565. The SMILES string of the molecule is COC(=O)c1ccc(CNCc2ccc(Cl)cc2)cc1F. The Bertz CT molecular complexity index is 629. The monoisotopic (exact) mass is 307 g/mol. The second-order valence-electron chi connectivity index (χ2n) is 4.54. The van der Waals surface area contributed by atoms with Crippen molar-refractivity contribution in [3.63, 3.8) is 0 Å². The molecular weight excluding hydrogens is 293 g/mol. The van der Waals surface area contributed by atoms with Gasteiger partial charge in [-0.1, -0.05) is 29.8 Å². The van der Waals surface area contributed by atoms with E-state index in [1.54, 1.807) is 6.07 Å². The lowest BCUT2D eigenvalue weighted by molar-refractivity contribution is 0.0595. The Hall–Kier alpha value is -1.91. The van der Waals surface area contributed by atoms with Crippen molar-refractivity contribution < 1.29 is 13.9 Å². The van der Waals surface area contributed by atoms with Crippen molar-refractivity contribution in [2.75, 3.05) is 7.11 Å². The van der Waals surface area contributed by atoms with Gasteiger partial charge in [0.15, 0.2) is 0 Å². The normalized spacial score (nSPS) is 10.4. The molecule has 0 aliphatic carbocycles. The van der Waals surface area contributed by atoms with Crippen molar-refractivity contribution in [1.29, 1.82) is 0 Å². The zero-order chi connectivity index (χ0) is 15.2. The number of carbonyl (C=O) groups is 1. The van der Waals surface area contributed by atoms with Gasteiger partial charge in [-0.25, -0.2) is 9.18 Å². The molecule has 2 aromatic carbocycles. The van der Waals surface area contributed by atoms with Gasteiger partial charge in [-0.05, 0) is 35.4 Å². The smallest absolute Gasteiger partial charge is 0.340 e. The highest BCUT2D eigenvalue weighted by Gasteiger charge is 2.11. The Kier molecular flexibility index (Phi) is 5.31. The summed E-state index contributed by atoms with van der Waals surface area (Å²) in [4.78, 5) is 11.3. The Balaban J connectivity index is 1.93. The van der Waals surface area contributed by atoms with Crippen LogP contribution in [0.4, 0.5) is 4.39 Å². The molecule has 0 heterocycles. The largest absolute Gasteiger partial charge is 0.465 e. The number of rotatable bonds is 5. The third kappa shape index (κ3) is 4.28. The number of ether oxygens (including phenoxy) is 1. The maximum atomic E-state index is 13.7. The summed E-state index contributed by atoms with van der Waals surface area (Å²) in [6.07, 6.45) is 0. The Labute approximate surface area is 127 Å². The molecular formula is C16H15ClFNO2. The number of halogens is 2. The van der Waals surface area contributed by atoms with Gasteiger partial charge in [0.05, 0.1) is 12.7 Å². The number of methoxy groups -OCH3 is 1. The van der Waals surface area contributed by atoms with E-state index >= 15 is 0 Å². The first-order valence-electron chi connectivity index (χ1n) is 6.42.